The summed E-state index contributed by atoms with van der Waals surface area (Å²) in [6, 6.07) is 11.0. The van der Waals surface area contributed by atoms with Crippen LogP contribution in [0.4, 0.5) is 0 Å². The van der Waals surface area contributed by atoms with Gasteiger partial charge in [0.2, 0.25) is 5.91 Å². The molecule has 0 aliphatic heterocycles. The van der Waals surface area contributed by atoms with Crippen LogP contribution in [0.1, 0.15) is 11.1 Å². The molecule has 0 aliphatic carbocycles. The molecule has 1 aromatic heterocycles. The molecule has 0 unspecified atom stereocenters. The Labute approximate surface area is 116 Å². The number of hydrogen-bond donors (Lipinski definition) is 1. The predicted octanol–water partition coefficient (Wildman–Crippen LogP) is 3.06. The van der Waals surface area contributed by atoms with Crippen LogP contribution in [0.15, 0.2) is 54.9 Å². The molecule has 0 spiro atoms. The topological polar surface area (TPSA) is 42.0 Å². The summed E-state index contributed by atoms with van der Waals surface area (Å²) in [4.78, 5) is 15.6. The molecule has 2 rings (SSSR count). The number of aromatic nitrogens is 1. The fourth-order valence-corrected chi connectivity index (χ4v) is 1.62. The van der Waals surface area contributed by atoms with Crippen molar-refractivity contribution in [1.29, 1.82) is 0 Å². The Hall–Kier alpha value is -2.13. The molecule has 96 valence electrons. The fourth-order valence-electron chi connectivity index (χ4n) is 1.50. The predicted molar refractivity (Wildman–Crippen MR) is 76.6 cm³/mol. The summed E-state index contributed by atoms with van der Waals surface area (Å²) in [5, 5.41) is 3.47. The number of benzene rings is 1. The number of nitrogens with one attached hydrogen (secondary N) is 1. The minimum absolute atomic E-state index is 0.140. The summed E-state index contributed by atoms with van der Waals surface area (Å²) in [7, 11) is 0. The van der Waals surface area contributed by atoms with Gasteiger partial charge >= 0.3 is 0 Å². The monoisotopic (exact) mass is 272 g/mol. The first-order valence-electron chi connectivity index (χ1n) is 5.84. The van der Waals surface area contributed by atoms with Crippen LogP contribution in [0, 0.1) is 0 Å². The van der Waals surface area contributed by atoms with Gasteiger partial charge in [-0.05, 0) is 35.4 Å². The van der Waals surface area contributed by atoms with Crippen LogP contribution in [0.25, 0.3) is 6.08 Å². The molecule has 2 aromatic rings. The highest BCUT2D eigenvalue weighted by Crippen LogP contribution is 2.10. The molecule has 1 amide bonds. The lowest BCUT2D eigenvalue weighted by Crippen LogP contribution is -2.20. The molecular formula is C15H13ClN2O. The molecule has 4 heteroatoms. The van der Waals surface area contributed by atoms with Crippen LogP contribution in [-0.4, -0.2) is 10.9 Å². The summed E-state index contributed by atoms with van der Waals surface area (Å²) in [6.45, 7) is 0.470. The van der Waals surface area contributed by atoms with Crippen molar-refractivity contribution in [3.05, 3.63) is 71.0 Å². The van der Waals surface area contributed by atoms with Crippen molar-refractivity contribution in [3.63, 3.8) is 0 Å². The van der Waals surface area contributed by atoms with Gasteiger partial charge in [-0.15, -0.1) is 0 Å². The van der Waals surface area contributed by atoms with Crippen molar-refractivity contribution < 1.29 is 4.79 Å². The molecule has 0 aliphatic rings. The van der Waals surface area contributed by atoms with Crippen LogP contribution in [-0.2, 0) is 11.3 Å². The van der Waals surface area contributed by atoms with Gasteiger partial charge < -0.3 is 5.32 Å². The van der Waals surface area contributed by atoms with Crippen molar-refractivity contribution in [2.45, 2.75) is 6.54 Å². The number of rotatable bonds is 4. The number of nitrogens with zero attached hydrogens (tertiary/aromatic N) is 1. The van der Waals surface area contributed by atoms with E-state index in [1.54, 1.807) is 30.6 Å². The minimum Gasteiger partial charge on any atom is -0.348 e. The van der Waals surface area contributed by atoms with Gasteiger partial charge in [-0.2, -0.15) is 0 Å². The molecule has 1 aromatic carbocycles. The number of halogens is 1. The Kier molecular flexibility index (Phi) is 4.70. The second kappa shape index (κ2) is 6.71. The highest BCUT2D eigenvalue weighted by atomic mass is 35.5. The number of carbonyl (C=O) groups is 1. The normalized spacial score (nSPS) is 10.6. The summed E-state index contributed by atoms with van der Waals surface area (Å²) >= 11 is 5.78. The van der Waals surface area contributed by atoms with E-state index in [0.29, 0.717) is 11.6 Å². The maximum Gasteiger partial charge on any atom is 0.244 e. The zero-order valence-corrected chi connectivity index (χ0v) is 11.0. The Morgan fingerprint density at radius 1 is 1.26 bits per heavy atom. The zero-order valence-electron chi connectivity index (χ0n) is 10.2. The fraction of sp³-hybridized carbons (Fsp3) is 0.0667. The molecule has 1 N–H and O–H groups in total. The lowest BCUT2D eigenvalue weighted by molar-refractivity contribution is -0.116. The van der Waals surface area contributed by atoms with Gasteiger partial charge in [-0.1, -0.05) is 29.8 Å². The molecule has 0 saturated heterocycles. The number of pyridine rings is 1. The summed E-state index contributed by atoms with van der Waals surface area (Å²) in [6.07, 6.45) is 6.67. The quantitative estimate of drug-likeness (QED) is 0.869. The molecule has 0 bridgehead atoms. The van der Waals surface area contributed by atoms with Crippen molar-refractivity contribution in [1.82, 2.24) is 10.3 Å². The summed E-state index contributed by atoms with van der Waals surface area (Å²) in [5.41, 5.74) is 1.90. The molecule has 0 fully saturated rings. The standard InChI is InChI=1S/C15H13ClN2O/c16-14-6-3-12(4-7-14)5-8-15(19)18-11-13-2-1-9-17-10-13/h1-10H,11H2,(H,18,19)/b8-5+. The Morgan fingerprint density at radius 3 is 2.74 bits per heavy atom. The maximum absolute atomic E-state index is 11.6. The van der Waals surface area contributed by atoms with E-state index >= 15 is 0 Å². The van der Waals surface area contributed by atoms with E-state index in [4.69, 9.17) is 11.6 Å². The molecule has 0 radical (unpaired) electrons. The average molecular weight is 273 g/mol. The Bertz CT molecular complexity index is 564. The first kappa shape index (κ1) is 13.3. The molecule has 0 atom stereocenters. The third kappa shape index (κ3) is 4.56. The summed E-state index contributed by atoms with van der Waals surface area (Å²) in [5.74, 6) is -0.140. The van der Waals surface area contributed by atoms with Crippen molar-refractivity contribution in [3.8, 4) is 0 Å². The van der Waals surface area contributed by atoms with Crippen LogP contribution in [0.3, 0.4) is 0 Å². The number of hydrogen-bond acceptors (Lipinski definition) is 2. The highest BCUT2D eigenvalue weighted by molar-refractivity contribution is 6.30. The molecule has 3 nitrogen and oxygen atoms in total. The molecule has 1 heterocycles. The largest absolute Gasteiger partial charge is 0.348 e. The van der Waals surface area contributed by atoms with Gasteiger partial charge in [0.05, 0.1) is 0 Å². The van der Waals surface area contributed by atoms with E-state index in [9.17, 15) is 4.79 Å². The molecule has 0 saturated carbocycles. The van der Waals surface area contributed by atoms with Crippen LogP contribution < -0.4 is 5.32 Å². The highest BCUT2D eigenvalue weighted by Gasteiger charge is 1.96. The molecule has 19 heavy (non-hydrogen) atoms. The van der Waals surface area contributed by atoms with E-state index in [2.05, 4.69) is 10.3 Å². The van der Waals surface area contributed by atoms with Gasteiger partial charge in [-0.25, -0.2) is 0 Å². The maximum atomic E-state index is 11.6. The van der Waals surface area contributed by atoms with Crippen molar-refractivity contribution in [2.75, 3.05) is 0 Å². The van der Waals surface area contributed by atoms with E-state index in [1.165, 1.54) is 6.08 Å². The summed E-state index contributed by atoms with van der Waals surface area (Å²) < 4.78 is 0. The van der Waals surface area contributed by atoms with Crippen LogP contribution in [0.2, 0.25) is 5.02 Å². The SMILES string of the molecule is O=C(/C=C/c1ccc(Cl)cc1)NCc1cccnc1. The minimum atomic E-state index is -0.140. The Balaban J connectivity index is 1.86. The van der Waals surface area contributed by atoms with Gasteiger partial charge in [-0.3, -0.25) is 9.78 Å². The van der Waals surface area contributed by atoms with Gasteiger partial charge in [0.15, 0.2) is 0 Å². The lowest BCUT2D eigenvalue weighted by Gasteiger charge is -2.01. The van der Waals surface area contributed by atoms with E-state index < -0.39 is 0 Å². The van der Waals surface area contributed by atoms with E-state index in [-0.39, 0.29) is 5.91 Å². The first-order chi connectivity index (χ1) is 9.24. The second-order valence-corrected chi connectivity index (χ2v) is 4.40. The number of carbonyl (C=O) groups excluding carboxylic acids is 1. The third-order valence-electron chi connectivity index (χ3n) is 2.49. The molecular weight excluding hydrogens is 260 g/mol. The van der Waals surface area contributed by atoms with E-state index in [0.717, 1.165) is 11.1 Å². The van der Waals surface area contributed by atoms with Crippen molar-refractivity contribution in [2.24, 2.45) is 0 Å². The smallest absolute Gasteiger partial charge is 0.244 e. The Morgan fingerprint density at radius 2 is 2.05 bits per heavy atom. The lowest BCUT2D eigenvalue weighted by atomic mass is 10.2. The second-order valence-electron chi connectivity index (χ2n) is 3.96. The van der Waals surface area contributed by atoms with Gasteiger partial charge in [0, 0.05) is 30.0 Å². The van der Waals surface area contributed by atoms with Crippen LogP contribution >= 0.6 is 11.6 Å². The van der Waals surface area contributed by atoms with Gasteiger partial charge in [0.1, 0.15) is 0 Å². The first-order valence-corrected chi connectivity index (χ1v) is 6.22. The number of amides is 1. The van der Waals surface area contributed by atoms with E-state index in [1.807, 2.05) is 24.3 Å². The zero-order chi connectivity index (χ0) is 13.5. The van der Waals surface area contributed by atoms with Gasteiger partial charge in [0.25, 0.3) is 0 Å². The van der Waals surface area contributed by atoms with Crippen LogP contribution in [0.5, 0.6) is 0 Å². The average Bonchev–Trinajstić information content (AvgIpc) is 2.45. The third-order valence-corrected chi connectivity index (χ3v) is 2.74. The van der Waals surface area contributed by atoms with Crippen molar-refractivity contribution >= 4 is 23.6 Å².